The van der Waals surface area contributed by atoms with E-state index in [-0.39, 0.29) is 5.91 Å². The lowest BCUT2D eigenvalue weighted by Gasteiger charge is -2.28. The van der Waals surface area contributed by atoms with Crippen LogP contribution in [0.15, 0.2) is 18.3 Å². The normalized spacial score (nSPS) is 21.4. The van der Waals surface area contributed by atoms with Crippen molar-refractivity contribution in [3.8, 4) is 0 Å². The molecule has 1 amide bonds. The van der Waals surface area contributed by atoms with Gasteiger partial charge in [0.15, 0.2) is 0 Å². The van der Waals surface area contributed by atoms with Gasteiger partial charge in [0.05, 0.1) is 18.3 Å². The molecule has 5 nitrogen and oxygen atoms in total. The van der Waals surface area contributed by atoms with Gasteiger partial charge in [-0.25, -0.2) is 4.98 Å². The average molecular weight is 305 g/mol. The molecule has 1 aromatic heterocycles. The van der Waals surface area contributed by atoms with Crippen molar-refractivity contribution >= 4 is 11.7 Å². The molecule has 2 rings (SSSR count). The number of hydrogen-bond donors (Lipinski definition) is 1. The lowest BCUT2D eigenvalue weighted by molar-refractivity contribution is -0.00294. The summed E-state index contributed by atoms with van der Waals surface area (Å²) < 4.78 is 5.90. The Bertz CT molecular complexity index is 473. The summed E-state index contributed by atoms with van der Waals surface area (Å²) in [4.78, 5) is 18.2. The van der Waals surface area contributed by atoms with Crippen LogP contribution in [0.3, 0.4) is 0 Å². The van der Waals surface area contributed by atoms with Crippen molar-refractivity contribution in [3.63, 3.8) is 0 Å². The van der Waals surface area contributed by atoms with Crippen molar-refractivity contribution in [2.45, 2.75) is 38.7 Å². The minimum atomic E-state index is -0.0990. The third-order valence-electron chi connectivity index (χ3n) is 4.22. The lowest BCUT2D eigenvalue weighted by Crippen LogP contribution is -2.31. The van der Waals surface area contributed by atoms with Gasteiger partial charge in [0.1, 0.15) is 5.82 Å². The van der Waals surface area contributed by atoms with E-state index in [9.17, 15) is 4.79 Å². The Morgan fingerprint density at radius 2 is 2.14 bits per heavy atom. The van der Waals surface area contributed by atoms with Crippen molar-refractivity contribution in [1.82, 2.24) is 10.3 Å². The zero-order chi connectivity index (χ0) is 15.9. The molecule has 0 saturated heterocycles. The quantitative estimate of drug-likeness (QED) is 0.820. The van der Waals surface area contributed by atoms with Crippen LogP contribution in [0.5, 0.6) is 0 Å². The molecule has 0 bridgehead atoms. The Balaban J connectivity index is 1.71. The highest BCUT2D eigenvalue weighted by Crippen LogP contribution is 2.25. The SMILES string of the molecule is C[C@@H]1CCCC[C@@H]1OCCNC(=O)c1ccc(N(C)C)nc1. The van der Waals surface area contributed by atoms with Crippen LogP contribution in [0.4, 0.5) is 5.82 Å². The Morgan fingerprint density at radius 3 is 2.77 bits per heavy atom. The molecule has 5 heteroatoms. The summed E-state index contributed by atoms with van der Waals surface area (Å²) in [5.41, 5.74) is 0.580. The Kier molecular flexibility index (Phi) is 6.19. The van der Waals surface area contributed by atoms with Crippen LogP contribution in [-0.4, -0.2) is 44.2 Å². The molecule has 1 N–H and O–H groups in total. The summed E-state index contributed by atoms with van der Waals surface area (Å²) in [6.45, 7) is 3.36. The van der Waals surface area contributed by atoms with Gasteiger partial charge >= 0.3 is 0 Å². The number of rotatable bonds is 6. The van der Waals surface area contributed by atoms with E-state index in [1.807, 2.05) is 25.1 Å². The number of anilines is 1. The minimum absolute atomic E-state index is 0.0990. The van der Waals surface area contributed by atoms with Crippen molar-refractivity contribution in [1.29, 1.82) is 0 Å². The first kappa shape index (κ1) is 16.7. The predicted molar refractivity (Wildman–Crippen MR) is 88.3 cm³/mol. The Morgan fingerprint density at radius 1 is 1.36 bits per heavy atom. The molecule has 1 heterocycles. The molecular weight excluding hydrogens is 278 g/mol. The Hall–Kier alpha value is -1.62. The molecule has 0 unspecified atom stereocenters. The molecule has 0 radical (unpaired) electrons. The largest absolute Gasteiger partial charge is 0.376 e. The summed E-state index contributed by atoms with van der Waals surface area (Å²) in [6.07, 6.45) is 6.92. The van der Waals surface area contributed by atoms with Gasteiger partial charge in [-0.15, -0.1) is 0 Å². The smallest absolute Gasteiger partial charge is 0.252 e. The monoisotopic (exact) mass is 305 g/mol. The maximum atomic E-state index is 12.0. The first-order valence-electron chi connectivity index (χ1n) is 8.11. The Labute approximate surface area is 133 Å². The van der Waals surface area contributed by atoms with Crippen LogP contribution in [0.1, 0.15) is 43.0 Å². The number of nitrogens with one attached hydrogen (secondary N) is 1. The molecule has 122 valence electrons. The third-order valence-corrected chi connectivity index (χ3v) is 4.22. The molecular formula is C17H27N3O2. The maximum Gasteiger partial charge on any atom is 0.252 e. The standard InChI is InChI=1S/C17H27N3O2/c1-13-6-4-5-7-15(13)22-11-10-18-17(21)14-8-9-16(19-12-14)20(2)3/h8-9,12-13,15H,4-7,10-11H2,1-3H3,(H,18,21)/t13-,15+/m1/s1. The molecule has 0 aliphatic heterocycles. The van der Waals surface area contributed by atoms with E-state index >= 15 is 0 Å². The van der Waals surface area contributed by atoms with Crippen molar-refractivity contribution in [2.24, 2.45) is 5.92 Å². The fourth-order valence-electron chi connectivity index (χ4n) is 2.79. The van der Waals surface area contributed by atoms with Gasteiger partial charge in [-0.3, -0.25) is 4.79 Å². The molecule has 0 spiro atoms. The maximum absolute atomic E-state index is 12.0. The van der Waals surface area contributed by atoms with Crippen molar-refractivity contribution in [2.75, 3.05) is 32.1 Å². The summed E-state index contributed by atoms with van der Waals surface area (Å²) in [6, 6.07) is 3.64. The van der Waals surface area contributed by atoms with E-state index in [4.69, 9.17) is 4.74 Å². The van der Waals surface area contributed by atoms with Crippen LogP contribution >= 0.6 is 0 Å². The van der Waals surface area contributed by atoms with Gasteiger partial charge in [0.2, 0.25) is 0 Å². The van der Waals surface area contributed by atoms with E-state index in [1.165, 1.54) is 19.3 Å². The number of aromatic nitrogens is 1. The van der Waals surface area contributed by atoms with Crippen LogP contribution in [0.2, 0.25) is 0 Å². The highest BCUT2D eigenvalue weighted by atomic mass is 16.5. The minimum Gasteiger partial charge on any atom is -0.376 e. The summed E-state index contributed by atoms with van der Waals surface area (Å²) in [5, 5.41) is 2.88. The van der Waals surface area contributed by atoms with Gasteiger partial charge in [-0.05, 0) is 30.9 Å². The van der Waals surface area contributed by atoms with Gasteiger partial charge in [0.25, 0.3) is 5.91 Å². The topological polar surface area (TPSA) is 54.5 Å². The third kappa shape index (κ3) is 4.70. The van der Waals surface area contributed by atoms with Gasteiger partial charge in [0, 0.05) is 26.8 Å². The number of carbonyl (C=O) groups is 1. The molecule has 0 aromatic carbocycles. The summed E-state index contributed by atoms with van der Waals surface area (Å²) in [5.74, 6) is 1.37. The van der Waals surface area contributed by atoms with Gasteiger partial charge < -0.3 is 15.0 Å². The van der Waals surface area contributed by atoms with Gasteiger partial charge in [-0.2, -0.15) is 0 Å². The highest BCUT2D eigenvalue weighted by Gasteiger charge is 2.21. The first-order valence-corrected chi connectivity index (χ1v) is 8.11. The van der Waals surface area contributed by atoms with Gasteiger partial charge in [-0.1, -0.05) is 19.8 Å². The number of amides is 1. The summed E-state index contributed by atoms with van der Waals surface area (Å²) >= 11 is 0. The van der Waals surface area contributed by atoms with Crippen molar-refractivity contribution < 1.29 is 9.53 Å². The number of carbonyl (C=O) groups excluding carboxylic acids is 1. The molecule has 2 atom stereocenters. The fraction of sp³-hybridized carbons (Fsp3) is 0.647. The second-order valence-corrected chi connectivity index (χ2v) is 6.23. The fourth-order valence-corrected chi connectivity index (χ4v) is 2.79. The van der Waals surface area contributed by atoms with E-state index in [1.54, 1.807) is 12.3 Å². The molecule has 1 aromatic rings. The van der Waals surface area contributed by atoms with E-state index in [0.29, 0.717) is 30.7 Å². The van der Waals surface area contributed by atoms with Crippen LogP contribution in [0, 0.1) is 5.92 Å². The van der Waals surface area contributed by atoms with E-state index < -0.39 is 0 Å². The average Bonchev–Trinajstić information content (AvgIpc) is 2.53. The van der Waals surface area contributed by atoms with Crippen molar-refractivity contribution in [3.05, 3.63) is 23.9 Å². The number of pyridine rings is 1. The molecule has 1 aliphatic rings. The highest BCUT2D eigenvalue weighted by molar-refractivity contribution is 5.94. The number of nitrogens with zero attached hydrogens (tertiary/aromatic N) is 2. The second kappa shape index (κ2) is 8.13. The summed E-state index contributed by atoms with van der Waals surface area (Å²) in [7, 11) is 3.84. The zero-order valence-corrected chi connectivity index (χ0v) is 13.8. The second-order valence-electron chi connectivity index (χ2n) is 6.23. The van der Waals surface area contributed by atoms with Crippen LogP contribution < -0.4 is 10.2 Å². The first-order chi connectivity index (χ1) is 10.6. The molecule has 1 aliphatic carbocycles. The lowest BCUT2D eigenvalue weighted by atomic mass is 9.88. The number of ether oxygens (including phenoxy) is 1. The molecule has 22 heavy (non-hydrogen) atoms. The van der Waals surface area contributed by atoms with E-state index in [0.717, 1.165) is 12.2 Å². The van der Waals surface area contributed by atoms with Crippen LogP contribution in [-0.2, 0) is 4.74 Å². The predicted octanol–water partition coefficient (Wildman–Crippen LogP) is 2.47. The number of hydrogen-bond acceptors (Lipinski definition) is 4. The van der Waals surface area contributed by atoms with E-state index in [2.05, 4.69) is 17.2 Å². The molecule has 1 fully saturated rings. The zero-order valence-electron chi connectivity index (χ0n) is 13.8. The molecule has 1 saturated carbocycles. The van der Waals surface area contributed by atoms with Crippen LogP contribution in [0.25, 0.3) is 0 Å².